The topological polar surface area (TPSA) is 94.2 Å². The average molecular weight is 509 g/mol. The van der Waals surface area contributed by atoms with Crippen LogP contribution in [0, 0.1) is 11.5 Å². The minimum absolute atomic E-state index is 0.139. The number of carbonyl (C=O) groups is 3. The van der Waals surface area contributed by atoms with Crippen molar-refractivity contribution in [1.82, 2.24) is 5.32 Å². The minimum atomic E-state index is -1.72. The van der Waals surface area contributed by atoms with Gasteiger partial charge in [-0.25, -0.2) is 9.59 Å². The molecule has 0 radical (unpaired) electrons. The lowest BCUT2D eigenvalue weighted by atomic mass is 10.00. The number of ether oxygens (including phenoxy) is 3. The van der Waals surface area contributed by atoms with Gasteiger partial charge in [-0.2, -0.15) is 0 Å². The molecule has 8 nitrogen and oxygen atoms in total. The Morgan fingerprint density at radius 3 is 2.47 bits per heavy atom. The third kappa shape index (κ3) is 6.67. The van der Waals surface area contributed by atoms with Crippen LogP contribution in [0.2, 0.25) is 19.6 Å². The van der Waals surface area contributed by atoms with Gasteiger partial charge >= 0.3 is 12.1 Å². The molecule has 0 saturated carbocycles. The molecular weight excluding hydrogens is 476 g/mol. The summed E-state index contributed by atoms with van der Waals surface area (Å²) in [6, 6.07) is 12.6. The lowest BCUT2D eigenvalue weighted by Gasteiger charge is -2.39. The molecule has 0 saturated heterocycles. The molecule has 1 N–H and O–H groups in total. The molecule has 2 amide bonds. The van der Waals surface area contributed by atoms with Crippen LogP contribution in [-0.2, 0) is 20.9 Å². The highest BCUT2D eigenvalue weighted by atomic mass is 28.3. The SMILES string of the molecule is COC(=O)c1cc2c(cc1C#C[Si](C)(C)C)OC(C)(C)C(=O)N2CCNC(=O)OCc1ccccc1. The van der Waals surface area contributed by atoms with Gasteiger partial charge in [0.25, 0.3) is 5.91 Å². The zero-order valence-corrected chi connectivity index (χ0v) is 22.6. The quantitative estimate of drug-likeness (QED) is 0.358. The Morgan fingerprint density at radius 2 is 1.83 bits per heavy atom. The van der Waals surface area contributed by atoms with Crippen molar-refractivity contribution in [3.8, 4) is 17.2 Å². The number of nitrogens with one attached hydrogen (secondary N) is 1. The molecule has 190 valence electrons. The molecule has 1 heterocycles. The fourth-order valence-corrected chi connectivity index (χ4v) is 4.03. The van der Waals surface area contributed by atoms with Crippen molar-refractivity contribution < 1.29 is 28.6 Å². The summed E-state index contributed by atoms with van der Waals surface area (Å²) in [6.07, 6.45) is -0.591. The molecular formula is C27H32N2O6Si. The van der Waals surface area contributed by atoms with Crippen LogP contribution in [-0.4, -0.2) is 51.8 Å². The van der Waals surface area contributed by atoms with Gasteiger partial charge in [0.2, 0.25) is 0 Å². The number of hydrogen-bond donors (Lipinski definition) is 1. The number of rotatable bonds is 6. The van der Waals surface area contributed by atoms with Gasteiger partial charge in [-0.3, -0.25) is 4.79 Å². The van der Waals surface area contributed by atoms with E-state index in [-0.39, 0.29) is 31.2 Å². The van der Waals surface area contributed by atoms with E-state index in [0.717, 1.165) is 5.56 Å². The zero-order chi connectivity index (χ0) is 26.5. The first-order valence-corrected chi connectivity index (χ1v) is 15.2. The number of amides is 2. The van der Waals surface area contributed by atoms with Crippen LogP contribution in [0.1, 0.15) is 35.3 Å². The molecule has 2 aromatic carbocycles. The van der Waals surface area contributed by atoms with E-state index in [2.05, 4.69) is 36.4 Å². The van der Waals surface area contributed by atoms with E-state index >= 15 is 0 Å². The van der Waals surface area contributed by atoms with Crippen molar-refractivity contribution in [2.75, 3.05) is 25.1 Å². The Morgan fingerprint density at radius 1 is 1.14 bits per heavy atom. The smallest absolute Gasteiger partial charge is 0.407 e. The second-order valence-corrected chi connectivity index (χ2v) is 14.7. The first-order valence-electron chi connectivity index (χ1n) is 11.7. The van der Waals surface area contributed by atoms with Crippen molar-refractivity contribution in [1.29, 1.82) is 0 Å². The zero-order valence-electron chi connectivity index (χ0n) is 21.6. The van der Waals surface area contributed by atoms with Crippen LogP contribution < -0.4 is 15.0 Å². The van der Waals surface area contributed by atoms with Crippen LogP contribution >= 0.6 is 0 Å². The molecule has 0 atom stereocenters. The molecule has 0 unspecified atom stereocenters. The summed E-state index contributed by atoms with van der Waals surface area (Å²) in [7, 11) is -0.427. The largest absolute Gasteiger partial charge is 0.476 e. The molecule has 0 aromatic heterocycles. The van der Waals surface area contributed by atoms with Gasteiger partial charge in [-0.05, 0) is 31.5 Å². The highest BCUT2D eigenvalue weighted by molar-refractivity contribution is 6.83. The van der Waals surface area contributed by atoms with E-state index in [4.69, 9.17) is 14.2 Å². The van der Waals surface area contributed by atoms with Crippen molar-refractivity contribution >= 4 is 31.7 Å². The molecule has 1 aliphatic heterocycles. The number of carbonyl (C=O) groups excluding carboxylic acids is 3. The first kappa shape index (κ1) is 26.8. The summed E-state index contributed by atoms with van der Waals surface area (Å²) >= 11 is 0. The number of alkyl carbamates (subject to hydrolysis) is 1. The number of methoxy groups -OCH3 is 1. The van der Waals surface area contributed by atoms with Crippen molar-refractivity contribution in [2.24, 2.45) is 0 Å². The normalized spacial score (nSPS) is 14.1. The Labute approximate surface area is 212 Å². The van der Waals surface area contributed by atoms with Crippen LogP contribution in [0.3, 0.4) is 0 Å². The fraction of sp³-hybridized carbons (Fsp3) is 0.370. The second kappa shape index (κ2) is 10.9. The molecule has 0 spiro atoms. The lowest BCUT2D eigenvalue weighted by molar-refractivity contribution is -0.132. The van der Waals surface area contributed by atoms with E-state index in [9.17, 15) is 14.4 Å². The average Bonchev–Trinajstić information content (AvgIpc) is 2.83. The maximum atomic E-state index is 13.2. The Balaban J connectivity index is 1.83. The number of benzene rings is 2. The molecule has 9 heteroatoms. The van der Waals surface area contributed by atoms with Crippen LogP contribution in [0.15, 0.2) is 42.5 Å². The van der Waals surface area contributed by atoms with Crippen molar-refractivity contribution in [3.63, 3.8) is 0 Å². The highest BCUT2D eigenvalue weighted by Crippen LogP contribution is 2.39. The number of anilines is 1. The summed E-state index contributed by atoms with van der Waals surface area (Å²) in [5, 5.41) is 2.67. The third-order valence-corrected chi connectivity index (χ3v) is 6.19. The monoisotopic (exact) mass is 508 g/mol. The summed E-state index contributed by atoms with van der Waals surface area (Å²) < 4.78 is 16.2. The van der Waals surface area contributed by atoms with Crippen LogP contribution in [0.25, 0.3) is 0 Å². The molecule has 1 aliphatic rings. The molecule has 36 heavy (non-hydrogen) atoms. The van der Waals surface area contributed by atoms with Crippen molar-refractivity contribution in [2.45, 2.75) is 45.7 Å². The van der Waals surface area contributed by atoms with E-state index in [1.165, 1.54) is 12.0 Å². The first-order chi connectivity index (χ1) is 16.9. The number of esters is 1. The molecule has 0 aliphatic carbocycles. The standard InChI is InChI=1S/C27H32N2O6Si/c1-27(2)25(31)29(14-13-28-26(32)34-18-19-10-8-7-9-11-19)22-17-21(24(30)33-3)20(16-23(22)35-27)12-15-36(4,5)6/h7-11,16-17H,13-14,18H2,1-6H3,(H,28,32). The van der Waals surface area contributed by atoms with Gasteiger partial charge in [0.15, 0.2) is 5.60 Å². The predicted octanol–water partition coefficient (Wildman–Crippen LogP) is 4.13. The van der Waals surface area contributed by atoms with E-state index in [1.54, 1.807) is 26.0 Å². The Hall–Kier alpha value is -3.77. The number of fused-ring (bicyclic) bond motifs is 1. The molecule has 2 aromatic rings. The number of hydrogen-bond acceptors (Lipinski definition) is 6. The highest BCUT2D eigenvalue weighted by Gasteiger charge is 2.41. The second-order valence-electron chi connectivity index (χ2n) is 9.91. The minimum Gasteiger partial charge on any atom is -0.476 e. The number of nitrogens with zero attached hydrogens (tertiary/aromatic N) is 1. The maximum absolute atomic E-state index is 13.2. The Kier molecular flexibility index (Phi) is 8.10. The van der Waals surface area contributed by atoms with E-state index in [1.807, 2.05) is 30.3 Å². The lowest BCUT2D eigenvalue weighted by Crippen LogP contribution is -2.54. The Bertz CT molecular complexity index is 1210. The van der Waals surface area contributed by atoms with Gasteiger partial charge in [0, 0.05) is 18.7 Å². The molecule has 0 bridgehead atoms. The van der Waals surface area contributed by atoms with Crippen LogP contribution in [0.4, 0.5) is 10.5 Å². The van der Waals surface area contributed by atoms with Gasteiger partial charge in [0.1, 0.15) is 20.4 Å². The molecule has 0 fully saturated rings. The third-order valence-electron chi connectivity index (χ3n) is 5.31. The van der Waals surface area contributed by atoms with E-state index in [0.29, 0.717) is 17.0 Å². The van der Waals surface area contributed by atoms with Gasteiger partial charge in [0.05, 0.1) is 18.4 Å². The summed E-state index contributed by atoms with van der Waals surface area (Å²) in [6.45, 7) is 10.1. The summed E-state index contributed by atoms with van der Waals surface area (Å²) in [4.78, 5) is 39.4. The predicted molar refractivity (Wildman–Crippen MR) is 140 cm³/mol. The molecule has 3 rings (SSSR count). The van der Waals surface area contributed by atoms with Gasteiger partial charge in [-0.15, -0.1) is 5.54 Å². The van der Waals surface area contributed by atoms with Crippen LogP contribution in [0.5, 0.6) is 5.75 Å². The summed E-state index contributed by atoms with van der Waals surface area (Å²) in [5.41, 5.74) is 4.13. The fourth-order valence-electron chi connectivity index (χ4n) is 3.52. The summed E-state index contributed by atoms with van der Waals surface area (Å²) in [5.74, 6) is 2.68. The van der Waals surface area contributed by atoms with Gasteiger partial charge < -0.3 is 24.4 Å². The van der Waals surface area contributed by atoms with Gasteiger partial charge in [-0.1, -0.05) is 55.9 Å². The van der Waals surface area contributed by atoms with Crippen molar-refractivity contribution in [3.05, 3.63) is 59.2 Å². The maximum Gasteiger partial charge on any atom is 0.407 e. The van der Waals surface area contributed by atoms with E-state index < -0.39 is 25.7 Å².